The van der Waals surface area contributed by atoms with E-state index in [0.29, 0.717) is 24.8 Å². The Balaban J connectivity index is 1.99. The standard InChI is InChI=1S/C14H22N4O/c1-3-18(4-2)14(19)12-9-10-13(17-16-12)15-11-7-5-6-8-11/h9-11H,3-8H2,1-2H3,(H,15,17). The minimum absolute atomic E-state index is 0.0510. The van der Waals surface area contributed by atoms with Crippen molar-refractivity contribution in [1.82, 2.24) is 15.1 Å². The van der Waals surface area contributed by atoms with Crippen molar-refractivity contribution >= 4 is 11.7 Å². The fourth-order valence-electron chi connectivity index (χ4n) is 2.48. The highest BCUT2D eigenvalue weighted by Crippen LogP contribution is 2.21. The van der Waals surface area contributed by atoms with Crippen LogP contribution >= 0.6 is 0 Å². The number of nitrogens with one attached hydrogen (secondary N) is 1. The van der Waals surface area contributed by atoms with Crippen LogP contribution in [0.3, 0.4) is 0 Å². The summed E-state index contributed by atoms with van der Waals surface area (Å²) in [5.41, 5.74) is 0.417. The van der Waals surface area contributed by atoms with Gasteiger partial charge in [0, 0.05) is 19.1 Å². The molecule has 19 heavy (non-hydrogen) atoms. The molecule has 1 N–H and O–H groups in total. The van der Waals surface area contributed by atoms with Crippen LogP contribution in [0.5, 0.6) is 0 Å². The summed E-state index contributed by atoms with van der Waals surface area (Å²) in [5.74, 6) is 0.716. The van der Waals surface area contributed by atoms with Crippen molar-refractivity contribution in [2.45, 2.75) is 45.6 Å². The molecular weight excluding hydrogens is 240 g/mol. The minimum Gasteiger partial charge on any atom is -0.366 e. The zero-order valence-corrected chi connectivity index (χ0v) is 11.7. The van der Waals surface area contributed by atoms with Gasteiger partial charge in [0.2, 0.25) is 0 Å². The number of hydrogen-bond donors (Lipinski definition) is 1. The highest BCUT2D eigenvalue weighted by molar-refractivity contribution is 5.92. The Labute approximate surface area is 114 Å². The number of aromatic nitrogens is 2. The predicted molar refractivity (Wildman–Crippen MR) is 75.2 cm³/mol. The van der Waals surface area contributed by atoms with E-state index in [0.717, 1.165) is 5.82 Å². The van der Waals surface area contributed by atoms with Gasteiger partial charge in [-0.05, 0) is 38.8 Å². The van der Waals surface area contributed by atoms with Crippen molar-refractivity contribution in [1.29, 1.82) is 0 Å². The predicted octanol–water partition coefficient (Wildman–Crippen LogP) is 2.31. The molecule has 1 aliphatic carbocycles. The number of amides is 1. The van der Waals surface area contributed by atoms with Crippen LogP contribution in [0.4, 0.5) is 5.82 Å². The molecule has 0 atom stereocenters. The topological polar surface area (TPSA) is 58.1 Å². The number of anilines is 1. The van der Waals surface area contributed by atoms with E-state index in [1.807, 2.05) is 19.9 Å². The first-order valence-corrected chi connectivity index (χ1v) is 7.14. The summed E-state index contributed by atoms with van der Waals surface area (Å²) in [5, 5.41) is 11.5. The van der Waals surface area contributed by atoms with Gasteiger partial charge < -0.3 is 10.2 Å². The summed E-state index contributed by atoms with van der Waals surface area (Å²) in [6.07, 6.45) is 4.96. The Bertz CT molecular complexity index is 408. The zero-order chi connectivity index (χ0) is 13.7. The van der Waals surface area contributed by atoms with Gasteiger partial charge in [0.15, 0.2) is 5.69 Å². The normalized spacial score (nSPS) is 15.5. The molecule has 5 nitrogen and oxygen atoms in total. The summed E-state index contributed by atoms with van der Waals surface area (Å²) in [4.78, 5) is 13.8. The maximum absolute atomic E-state index is 12.1. The van der Waals surface area contributed by atoms with E-state index in [9.17, 15) is 4.79 Å². The van der Waals surface area contributed by atoms with Gasteiger partial charge in [0.25, 0.3) is 5.91 Å². The largest absolute Gasteiger partial charge is 0.366 e. The molecule has 0 unspecified atom stereocenters. The summed E-state index contributed by atoms with van der Waals surface area (Å²) in [7, 11) is 0. The monoisotopic (exact) mass is 262 g/mol. The van der Waals surface area contributed by atoms with Crippen LogP contribution in [0.15, 0.2) is 12.1 Å². The van der Waals surface area contributed by atoms with Gasteiger partial charge in [-0.15, -0.1) is 10.2 Å². The minimum atomic E-state index is -0.0510. The molecule has 1 amide bonds. The van der Waals surface area contributed by atoms with E-state index in [2.05, 4.69) is 15.5 Å². The Morgan fingerprint density at radius 2 is 1.95 bits per heavy atom. The summed E-state index contributed by atoms with van der Waals surface area (Å²) >= 11 is 0. The van der Waals surface area contributed by atoms with Crippen LogP contribution < -0.4 is 5.32 Å². The third kappa shape index (κ3) is 3.43. The average Bonchev–Trinajstić information content (AvgIpc) is 2.94. The number of rotatable bonds is 5. The second kappa shape index (κ2) is 6.50. The first-order chi connectivity index (χ1) is 9.24. The number of nitrogens with zero attached hydrogens (tertiary/aromatic N) is 3. The molecule has 2 rings (SSSR count). The molecule has 0 bridgehead atoms. The molecule has 1 aliphatic rings. The Kier molecular flexibility index (Phi) is 4.71. The van der Waals surface area contributed by atoms with Crippen molar-refractivity contribution in [3.63, 3.8) is 0 Å². The smallest absolute Gasteiger partial charge is 0.274 e. The van der Waals surface area contributed by atoms with Crippen LogP contribution in [0.2, 0.25) is 0 Å². The lowest BCUT2D eigenvalue weighted by Gasteiger charge is -2.18. The molecule has 1 saturated carbocycles. The molecule has 104 valence electrons. The van der Waals surface area contributed by atoms with Crippen molar-refractivity contribution in [3.05, 3.63) is 17.8 Å². The van der Waals surface area contributed by atoms with Crippen LogP contribution in [0.1, 0.15) is 50.0 Å². The highest BCUT2D eigenvalue weighted by Gasteiger charge is 2.17. The van der Waals surface area contributed by atoms with Gasteiger partial charge in [0.05, 0.1) is 0 Å². The van der Waals surface area contributed by atoms with Crippen LogP contribution in [-0.2, 0) is 0 Å². The average molecular weight is 262 g/mol. The fourth-order valence-corrected chi connectivity index (χ4v) is 2.48. The van der Waals surface area contributed by atoms with Crippen LogP contribution in [0, 0.1) is 0 Å². The molecule has 1 fully saturated rings. The molecule has 1 aromatic heterocycles. The van der Waals surface area contributed by atoms with Crippen LogP contribution in [0.25, 0.3) is 0 Å². The van der Waals surface area contributed by atoms with Gasteiger partial charge >= 0.3 is 0 Å². The third-order valence-electron chi connectivity index (χ3n) is 3.64. The van der Waals surface area contributed by atoms with Gasteiger partial charge in [-0.25, -0.2) is 0 Å². The van der Waals surface area contributed by atoms with E-state index < -0.39 is 0 Å². The van der Waals surface area contributed by atoms with Gasteiger partial charge in [-0.2, -0.15) is 0 Å². The highest BCUT2D eigenvalue weighted by atomic mass is 16.2. The molecule has 0 aliphatic heterocycles. The van der Waals surface area contributed by atoms with E-state index >= 15 is 0 Å². The lowest BCUT2D eigenvalue weighted by Crippen LogP contribution is -2.31. The Morgan fingerprint density at radius 1 is 1.26 bits per heavy atom. The second-order valence-corrected chi connectivity index (χ2v) is 4.91. The van der Waals surface area contributed by atoms with Gasteiger partial charge in [-0.1, -0.05) is 12.8 Å². The third-order valence-corrected chi connectivity index (χ3v) is 3.64. The lowest BCUT2D eigenvalue weighted by atomic mass is 10.2. The van der Waals surface area contributed by atoms with Crippen molar-refractivity contribution in [2.24, 2.45) is 0 Å². The number of carbonyl (C=O) groups excluding carboxylic acids is 1. The molecule has 0 spiro atoms. The van der Waals surface area contributed by atoms with Crippen molar-refractivity contribution in [3.8, 4) is 0 Å². The second-order valence-electron chi connectivity index (χ2n) is 4.91. The SMILES string of the molecule is CCN(CC)C(=O)c1ccc(NC2CCCC2)nn1. The maximum Gasteiger partial charge on any atom is 0.274 e. The van der Waals surface area contributed by atoms with Crippen LogP contribution in [-0.4, -0.2) is 40.1 Å². The molecule has 0 radical (unpaired) electrons. The lowest BCUT2D eigenvalue weighted by molar-refractivity contribution is 0.0766. The van der Waals surface area contributed by atoms with Gasteiger partial charge in [0.1, 0.15) is 5.82 Å². The fraction of sp³-hybridized carbons (Fsp3) is 0.643. The number of hydrogen-bond acceptors (Lipinski definition) is 4. The Morgan fingerprint density at radius 3 is 2.47 bits per heavy atom. The summed E-state index contributed by atoms with van der Waals surface area (Å²) < 4.78 is 0. The van der Waals surface area contributed by atoms with Crippen molar-refractivity contribution < 1.29 is 4.79 Å². The molecule has 0 aromatic carbocycles. The number of carbonyl (C=O) groups is 1. The van der Waals surface area contributed by atoms with E-state index in [1.54, 1.807) is 11.0 Å². The van der Waals surface area contributed by atoms with Crippen molar-refractivity contribution in [2.75, 3.05) is 18.4 Å². The zero-order valence-electron chi connectivity index (χ0n) is 11.7. The van der Waals surface area contributed by atoms with E-state index in [4.69, 9.17) is 0 Å². The maximum atomic E-state index is 12.1. The van der Waals surface area contributed by atoms with E-state index in [-0.39, 0.29) is 5.91 Å². The molecule has 5 heteroatoms. The first kappa shape index (κ1) is 13.8. The van der Waals surface area contributed by atoms with Gasteiger partial charge in [-0.3, -0.25) is 4.79 Å². The molecular formula is C14H22N4O. The summed E-state index contributed by atoms with van der Waals surface area (Å²) in [6, 6.07) is 4.12. The Hall–Kier alpha value is -1.65. The summed E-state index contributed by atoms with van der Waals surface area (Å²) in [6.45, 7) is 5.31. The quantitative estimate of drug-likeness (QED) is 0.884. The molecule has 1 aromatic rings. The first-order valence-electron chi connectivity index (χ1n) is 7.14. The molecule has 1 heterocycles. The van der Waals surface area contributed by atoms with E-state index in [1.165, 1.54) is 25.7 Å². The molecule has 0 saturated heterocycles.